The maximum absolute atomic E-state index is 12.9. The van der Waals surface area contributed by atoms with Gasteiger partial charge in [0.2, 0.25) is 0 Å². The Balaban J connectivity index is 1.41. The van der Waals surface area contributed by atoms with Crippen LogP contribution in [0.1, 0.15) is 5.56 Å². The maximum atomic E-state index is 12.9. The average Bonchev–Trinajstić information content (AvgIpc) is 2.73. The first-order chi connectivity index (χ1) is 13.1. The number of hydrogen-bond donors (Lipinski definition) is 0. The smallest absolute Gasteiger partial charge is 0.253 e. The summed E-state index contributed by atoms with van der Waals surface area (Å²) in [4.78, 5) is 17.1. The Bertz CT molecular complexity index is 871. The number of hydrogen-bond acceptors (Lipinski definition) is 4. The third-order valence-corrected chi connectivity index (χ3v) is 5.20. The van der Waals surface area contributed by atoms with Gasteiger partial charge < -0.3 is 19.3 Å². The van der Waals surface area contributed by atoms with Crippen molar-refractivity contribution in [2.45, 2.75) is 0 Å². The average molecular weight is 385 g/mol. The Kier molecular flexibility index (Phi) is 4.94. The number of carbonyl (C=O) groups is 1. The summed E-state index contributed by atoms with van der Waals surface area (Å²) in [6, 6.07) is 13.5. The van der Waals surface area contributed by atoms with Crippen molar-refractivity contribution in [2.24, 2.45) is 0 Å². The molecule has 6 heteroatoms. The van der Waals surface area contributed by atoms with Crippen molar-refractivity contribution >= 4 is 29.3 Å². The third kappa shape index (κ3) is 3.74. The number of piperazine rings is 1. The largest absolute Gasteiger partial charge is 0.497 e. The van der Waals surface area contributed by atoms with Gasteiger partial charge in [-0.1, -0.05) is 11.6 Å². The molecule has 0 aliphatic carbocycles. The summed E-state index contributed by atoms with van der Waals surface area (Å²) in [6.07, 6.45) is 1.89. The quantitative estimate of drug-likeness (QED) is 0.812. The number of carbonyl (C=O) groups excluding carboxylic acids is 1. The molecule has 2 aliphatic rings. The Hall–Kier alpha value is -2.66. The summed E-state index contributed by atoms with van der Waals surface area (Å²) in [6.45, 7) is 3.27. The minimum Gasteiger partial charge on any atom is -0.497 e. The van der Waals surface area contributed by atoms with E-state index in [4.69, 9.17) is 21.1 Å². The highest BCUT2D eigenvalue weighted by atomic mass is 35.5. The number of fused-ring (bicyclic) bond motifs is 1. The van der Waals surface area contributed by atoms with Gasteiger partial charge in [0.1, 0.15) is 18.1 Å². The molecule has 1 saturated heterocycles. The molecule has 2 aliphatic heterocycles. The normalized spacial score (nSPS) is 16.3. The molecular weight excluding hydrogens is 364 g/mol. The predicted molar refractivity (Wildman–Crippen MR) is 107 cm³/mol. The van der Waals surface area contributed by atoms with Crippen molar-refractivity contribution in [1.29, 1.82) is 0 Å². The standard InChI is InChI=1S/C21H21ClN2O3/c1-26-19-5-3-18(4-6-19)23-8-10-24(11-9-23)21(25)16-12-15-13-17(22)2-7-20(15)27-14-16/h2-7,12-13H,8-11,14H2,1H3. The monoisotopic (exact) mass is 384 g/mol. The van der Waals surface area contributed by atoms with E-state index in [0.29, 0.717) is 30.3 Å². The Morgan fingerprint density at radius 1 is 1.07 bits per heavy atom. The topological polar surface area (TPSA) is 42.0 Å². The second kappa shape index (κ2) is 7.53. The van der Waals surface area contributed by atoms with Crippen molar-refractivity contribution in [3.8, 4) is 11.5 Å². The highest BCUT2D eigenvalue weighted by molar-refractivity contribution is 6.30. The minimum absolute atomic E-state index is 0.0370. The van der Waals surface area contributed by atoms with Crippen molar-refractivity contribution in [3.05, 3.63) is 58.6 Å². The van der Waals surface area contributed by atoms with Gasteiger partial charge in [0.05, 0.1) is 12.7 Å². The first-order valence-corrected chi connectivity index (χ1v) is 9.33. The maximum Gasteiger partial charge on any atom is 0.253 e. The number of amides is 1. The van der Waals surface area contributed by atoms with Gasteiger partial charge in [-0.2, -0.15) is 0 Å². The Morgan fingerprint density at radius 2 is 1.81 bits per heavy atom. The summed E-state index contributed by atoms with van der Waals surface area (Å²) < 4.78 is 10.9. The molecule has 0 aromatic heterocycles. The van der Waals surface area contributed by atoms with E-state index in [1.807, 2.05) is 35.2 Å². The zero-order valence-corrected chi connectivity index (χ0v) is 15.9. The number of rotatable bonds is 3. The highest BCUT2D eigenvalue weighted by Gasteiger charge is 2.26. The molecule has 5 nitrogen and oxygen atoms in total. The van der Waals surface area contributed by atoms with Crippen LogP contribution in [0.25, 0.3) is 6.08 Å². The van der Waals surface area contributed by atoms with Crippen LogP contribution in [-0.4, -0.2) is 50.7 Å². The molecule has 0 atom stereocenters. The Morgan fingerprint density at radius 3 is 2.52 bits per heavy atom. The zero-order chi connectivity index (χ0) is 18.8. The van der Waals surface area contributed by atoms with Crippen LogP contribution in [0.4, 0.5) is 5.69 Å². The Labute approximate surface area is 163 Å². The van der Waals surface area contributed by atoms with E-state index < -0.39 is 0 Å². The van der Waals surface area contributed by atoms with Crippen LogP contribution >= 0.6 is 11.6 Å². The SMILES string of the molecule is COc1ccc(N2CCN(C(=O)C3=Cc4cc(Cl)ccc4OC3)CC2)cc1. The van der Waals surface area contributed by atoms with Crippen molar-refractivity contribution in [1.82, 2.24) is 4.90 Å². The molecule has 0 unspecified atom stereocenters. The van der Waals surface area contributed by atoms with Crippen molar-refractivity contribution < 1.29 is 14.3 Å². The van der Waals surface area contributed by atoms with Gasteiger partial charge in [0.25, 0.3) is 5.91 Å². The number of benzene rings is 2. The van der Waals surface area contributed by atoms with Gasteiger partial charge in [-0.25, -0.2) is 0 Å². The van der Waals surface area contributed by atoms with Crippen LogP contribution < -0.4 is 14.4 Å². The van der Waals surface area contributed by atoms with E-state index >= 15 is 0 Å². The molecule has 4 rings (SSSR count). The van der Waals surface area contributed by atoms with E-state index in [1.165, 1.54) is 0 Å². The van der Waals surface area contributed by atoms with E-state index in [2.05, 4.69) is 17.0 Å². The molecule has 140 valence electrons. The molecule has 2 heterocycles. The van der Waals surface area contributed by atoms with Gasteiger partial charge in [-0.05, 0) is 48.5 Å². The molecule has 0 radical (unpaired) electrons. The summed E-state index contributed by atoms with van der Waals surface area (Å²) in [5.74, 6) is 1.65. The highest BCUT2D eigenvalue weighted by Crippen LogP contribution is 2.30. The van der Waals surface area contributed by atoms with Crippen LogP contribution in [0.2, 0.25) is 5.02 Å². The lowest BCUT2D eigenvalue weighted by molar-refractivity contribution is -0.127. The lowest BCUT2D eigenvalue weighted by Crippen LogP contribution is -2.49. The fourth-order valence-electron chi connectivity index (χ4n) is 3.44. The predicted octanol–water partition coefficient (Wildman–Crippen LogP) is 3.47. The number of methoxy groups -OCH3 is 1. The van der Waals surface area contributed by atoms with Gasteiger partial charge in [-0.15, -0.1) is 0 Å². The molecule has 2 aromatic carbocycles. The molecule has 27 heavy (non-hydrogen) atoms. The first kappa shape index (κ1) is 17.7. The molecule has 0 spiro atoms. The van der Waals surface area contributed by atoms with Crippen LogP contribution in [-0.2, 0) is 4.79 Å². The fourth-order valence-corrected chi connectivity index (χ4v) is 3.62. The molecule has 0 saturated carbocycles. The summed E-state index contributed by atoms with van der Waals surface area (Å²) in [5.41, 5.74) is 2.67. The van der Waals surface area contributed by atoms with Gasteiger partial charge in [-0.3, -0.25) is 4.79 Å². The number of anilines is 1. The summed E-state index contributed by atoms with van der Waals surface area (Å²) in [7, 11) is 1.66. The van der Waals surface area contributed by atoms with Crippen LogP contribution in [0.5, 0.6) is 11.5 Å². The second-order valence-electron chi connectivity index (χ2n) is 6.62. The van der Waals surface area contributed by atoms with Gasteiger partial charge in [0, 0.05) is 42.5 Å². The van der Waals surface area contributed by atoms with Crippen molar-refractivity contribution in [3.63, 3.8) is 0 Å². The third-order valence-electron chi connectivity index (χ3n) is 4.96. The molecule has 1 amide bonds. The first-order valence-electron chi connectivity index (χ1n) is 8.95. The number of halogens is 1. The van der Waals surface area contributed by atoms with Crippen LogP contribution in [0, 0.1) is 0 Å². The minimum atomic E-state index is 0.0370. The van der Waals surface area contributed by atoms with Crippen molar-refractivity contribution in [2.75, 3.05) is 44.8 Å². The molecule has 1 fully saturated rings. The van der Waals surface area contributed by atoms with Crippen LogP contribution in [0.3, 0.4) is 0 Å². The lowest BCUT2D eigenvalue weighted by atomic mass is 10.1. The second-order valence-corrected chi connectivity index (χ2v) is 7.05. The summed E-state index contributed by atoms with van der Waals surface area (Å²) in [5, 5.41) is 0.635. The van der Waals surface area contributed by atoms with Crippen LogP contribution in [0.15, 0.2) is 48.0 Å². The molecule has 2 aromatic rings. The molecule has 0 bridgehead atoms. The number of ether oxygens (including phenoxy) is 2. The fraction of sp³-hybridized carbons (Fsp3) is 0.286. The zero-order valence-electron chi connectivity index (χ0n) is 15.2. The number of nitrogens with zero attached hydrogens (tertiary/aromatic N) is 2. The lowest BCUT2D eigenvalue weighted by Gasteiger charge is -2.36. The van der Waals surface area contributed by atoms with E-state index in [0.717, 1.165) is 35.8 Å². The molecule has 0 N–H and O–H groups in total. The van der Waals surface area contributed by atoms with E-state index in [-0.39, 0.29) is 5.91 Å². The molecular formula is C21H21ClN2O3. The van der Waals surface area contributed by atoms with Gasteiger partial charge in [0.15, 0.2) is 0 Å². The summed E-state index contributed by atoms with van der Waals surface area (Å²) >= 11 is 6.05. The van der Waals surface area contributed by atoms with Gasteiger partial charge >= 0.3 is 0 Å². The van der Waals surface area contributed by atoms with E-state index in [9.17, 15) is 4.79 Å². The van der Waals surface area contributed by atoms with E-state index in [1.54, 1.807) is 13.2 Å².